The highest BCUT2D eigenvalue weighted by atomic mass is 32.2. The zero-order chi connectivity index (χ0) is 20.1. The normalized spacial score (nSPS) is 18.6. The minimum atomic E-state index is -3.66. The van der Waals surface area contributed by atoms with Crippen LogP contribution in [0.15, 0.2) is 29.2 Å². The molecule has 1 heterocycles. The molecule has 3 rings (SSSR count). The molecule has 2 fully saturated rings. The number of amides is 1. The molecule has 1 amide bonds. The molecular formula is C19H27N3O5S. The average molecular weight is 410 g/mol. The Hall–Kier alpha value is -1.97. The maximum Gasteiger partial charge on any atom is 0.338 e. The number of benzene rings is 1. The van der Waals surface area contributed by atoms with Crippen LogP contribution in [0, 0.1) is 0 Å². The first-order valence-corrected chi connectivity index (χ1v) is 11.2. The maximum absolute atomic E-state index is 12.6. The molecule has 0 atom stereocenters. The van der Waals surface area contributed by atoms with Gasteiger partial charge in [0, 0.05) is 25.2 Å². The van der Waals surface area contributed by atoms with Gasteiger partial charge in [-0.05, 0) is 56.9 Å². The van der Waals surface area contributed by atoms with Crippen LogP contribution in [-0.4, -0.2) is 63.5 Å². The lowest BCUT2D eigenvalue weighted by molar-refractivity contribution is -0.122. The molecule has 0 radical (unpaired) electrons. The molecule has 9 heteroatoms. The van der Waals surface area contributed by atoms with Crippen LogP contribution in [0.2, 0.25) is 0 Å². The predicted molar refractivity (Wildman–Crippen MR) is 103 cm³/mol. The summed E-state index contributed by atoms with van der Waals surface area (Å²) in [5.74, 6) is -0.430. The number of carbonyl (C=O) groups is 2. The molecule has 154 valence electrons. The summed E-state index contributed by atoms with van der Waals surface area (Å²) < 4.78 is 32.8. The first kappa shape index (κ1) is 20.8. The van der Waals surface area contributed by atoms with E-state index in [1.807, 2.05) is 0 Å². The molecule has 1 saturated heterocycles. The van der Waals surface area contributed by atoms with Gasteiger partial charge in [0.2, 0.25) is 15.9 Å². The van der Waals surface area contributed by atoms with Gasteiger partial charge in [-0.1, -0.05) is 0 Å². The topological polar surface area (TPSA) is 105 Å². The molecule has 1 aromatic carbocycles. The minimum Gasteiger partial charge on any atom is -0.462 e. The van der Waals surface area contributed by atoms with Crippen molar-refractivity contribution in [2.45, 2.75) is 49.6 Å². The van der Waals surface area contributed by atoms with E-state index in [-0.39, 0.29) is 23.5 Å². The van der Waals surface area contributed by atoms with E-state index in [9.17, 15) is 18.0 Å². The lowest BCUT2D eigenvalue weighted by Crippen LogP contribution is -2.47. The molecule has 0 aromatic heterocycles. The maximum atomic E-state index is 12.6. The Morgan fingerprint density at radius 3 is 2.29 bits per heavy atom. The number of esters is 1. The summed E-state index contributed by atoms with van der Waals surface area (Å²) in [6.45, 7) is 3.69. The highest BCUT2D eigenvalue weighted by Crippen LogP contribution is 2.19. The number of nitrogens with zero attached hydrogens (tertiary/aromatic N) is 1. The van der Waals surface area contributed by atoms with Gasteiger partial charge in [0.05, 0.1) is 23.6 Å². The zero-order valence-electron chi connectivity index (χ0n) is 16.0. The number of hydrogen-bond donors (Lipinski definition) is 2. The van der Waals surface area contributed by atoms with Crippen molar-refractivity contribution in [1.82, 2.24) is 14.9 Å². The molecule has 0 spiro atoms. The van der Waals surface area contributed by atoms with Crippen molar-refractivity contribution < 1.29 is 22.7 Å². The summed E-state index contributed by atoms with van der Waals surface area (Å²) in [5.41, 5.74) is 0.318. The summed E-state index contributed by atoms with van der Waals surface area (Å²) in [5, 5.41) is 2.97. The van der Waals surface area contributed by atoms with Crippen molar-refractivity contribution in [3.63, 3.8) is 0 Å². The fourth-order valence-electron chi connectivity index (χ4n) is 3.19. The van der Waals surface area contributed by atoms with Gasteiger partial charge in [0.15, 0.2) is 0 Å². The highest BCUT2D eigenvalue weighted by Gasteiger charge is 2.27. The Labute approximate surface area is 165 Å². The van der Waals surface area contributed by atoms with E-state index >= 15 is 0 Å². The molecule has 28 heavy (non-hydrogen) atoms. The van der Waals surface area contributed by atoms with Crippen LogP contribution in [0.1, 0.15) is 43.0 Å². The van der Waals surface area contributed by atoms with Crippen LogP contribution < -0.4 is 10.0 Å². The van der Waals surface area contributed by atoms with Gasteiger partial charge in [-0.25, -0.2) is 17.9 Å². The second kappa shape index (κ2) is 9.02. The fraction of sp³-hybridized carbons (Fsp3) is 0.579. The van der Waals surface area contributed by atoms with Crippen LogP contribution in [0.5, 0.6) is 0 Å². The van der Waals surface area contributed by atoms with Crippen molar-refractivity contribution in [3.8, 4) is 0 Å². The van der Waals surface area contributed by atoms with Gasteiger partial charge in [0.25, 0.3) is 0 Å². The molecule has 1 aromatic rings. The van der Waals surface area contributed by atoms with Gasteiger partial charge >= 0.3 is 5.97 Å². The molecule has 0 bridgehead atoms. The fourth-order valence-corrected chi connectivity index (χ4v) is 4.49. The van der Waals surface area contributed by atoms with Crippen LogP contribution >= 0.6 is 0 Å². The molecule has 1 aliphatic heterocycles. The van der Waals surface area contributed by atoms with Crippen LogP contribution in [0.3, 0.4) is 0 Å². The molecular weight excluding hydrogens is 382 g/mol. The van der Waals surface area contributed by atoms with Crippen LogP contribution in [-0.2, 0) is 19.6 Å². The SMILES string of the molecule is CCOC(=O)c1ccc(S(=O)(=O)NC2CCN(CC(=O)NC3CC3)CC2)cc1. The summed E-state index contributed by atoms with van der Waals surface area (Å²) in [7, 11) is -3.66. The van der Waals surface area contributed by atoms with E-state index < -0.39 is 16.0 Å². The standard InChI is InChI=1S/C19H27N3O5S/c1-2-27-19(24)14-3-7-17(8-4-14)28(25,26)21-16-9-11-22(12-10-16)13-18(23)20-15-5-6-15/h3-4,7-8,15-16,21H,2,5-6,9-13H2,1H3,(H,20,23). The Morgan fingerprint density at radius 2 is 1.71 bits per heavy atom. The molecule has 1 saturated carbocycles. The first-order valence-electron chi connectivity index (χ1n) is 9.68. The summed E-state index contributed by atoms with van der Waals surface area (Å²) in [4.78, 5) is 25.7. The van der Waals surface area contributed by atoms with Crippen molar-refractivity contribution in [3.05, 3.63) is 29.8 Å². The smallest absolute Gasteiger partial charge is 0.338 e. The minimum absolute atomic E-state index is 0.0446. The van der Waals surface area contributed by atoms with Gasteiger partial charge in [-0.2, -0.15) is 0 Å². The van der Waals surface area contributed by atoms with Crippen LogP contribution in [0.25, 0.3) is 0 Å². The lowest BCUT2D eigenvalue weighted by atomic mass is 10.1. The molecule has 2 N–H and O–H groups in total. The molecule has 1 aliphatic carbocycles. The quantitative estimate of drug-likeness (QED) is 0.618. The second-order valence-corrected chi connectivity index (χ2v) is 8.97. The zero-order valence-corrected chi connectivity index (χ0v) is 16.8. The number of rotatable bonds is 8. The summed E-state index contributed by atoms with van der Waals surface area (Å²) >= 11 is 0. The van der Waals surface area contributed by atoms with Gasteiger partial charge < -0.3 is 10.1 Å². The third kappa shape index (κ3) is 5.76. The Bertz CT molecular complexity index is 797. The number of likely N-dealkylation sites (tertiary alicyclic amines) is 1. The van der Waals surface area contributed by atoms with E-state index in [1.54, 1.807) is 6.92 Å². The number of piperidine rings is 1. The Morgan fingerprint density at radius 1 is 1.07 bits per heavy atom. The lowest BCUT2D eigenvalue weighted by Gasteiger charge is -2.31. The van der Waals surface area contributed by atoms with Crippen molar-refractivity contribution in [1.29, 1.82) is 0 Å². The molecule has 0 unspecified atom stereocenters. The average Bonchev–Trinajstić information content (AvgIpc) is 3.47. The van der Waals surface area contributed by atoms with E-state index in [4.69, 9.17) is 4.74 Å². The molecule has 8 nitrogen and oxygen atoms in total. The first-order chi connectivity index (χ1) is 13.4. The van der Waals surface area contributed by atoms with Gasteiger partial charge in [-0.15, -0.1) is 0 Å². The van der Waals surface area contributed by atoms with E-state index in [2.05, 4.69) is 14.9 Å². The van der Waals surface area contributed by atoms with Crippen LogP contribution in [0.4, 0.5) is 0 Å². The third-order valence-electron chi connectivity index (χ3n) is 4.89. The predicted octanol–water partition coefficient (Wildman–Crippen LogP) is 0.885. The second-order valence-electron chi connectivity index (χ2n) is 7.26. The van der Waals surface area contributed by atoms with E-state index in [0.29, 0.717) is 44.1 Å². The van der Waals surface area contributed by atoms with Crippen molar-refractivity contribution in [2.75, 3.05) is 26.2 Å². The number of hydrogen-bond acceptors (Lipinski definition) is 6. The van der Waals surface area contributed by atoms with Crippen molar-refractivity contribution >= 4 is 21.9 Å². The number of nitrogens with one attached hydrogen (secondary N) is 2. The van der Waals surface area contributed by atoms with Gasteiger partial charge in [-0.3, -0.25) is 9.69 Å². The monoisotopic (exact) mass is 409 g/mol. The number of sulfonamides is 1. The largest absolute Gasteiger partial charge is 0.462 e. The third-order valence-corrected chi connectivity index (χ3v) is 6.43. The molecule has 2 aliphatic rings. The highest BCUT2D eigenvalue weighted by molar-refractivity contribution is 7.89. The van der Waals surface area contributed by atoms with Gasteiger partial charge in [0.1, 0.15) is 0 Å². The Balaban J connectivity index is 1.49. The van der Waals surface area contributed by atoms with Crippen molar-refractivity contribution in [2.24, 2.45) is 0 Å². The number of carbonyl (C=O) groups excluding carboxylic acids is 2. The number of ether oxygens (including phenoxy) is 1. The van der Waals surface area contributed by atoms with E-state index in [0.717, 1.165) is 12.8 Å². The Kier molecular flexibility index (Phi) is 6.69. The summed E-state index contributed by atoms with van der Waals surface area (Å²) in [6.07, 6.45) is 3.43. The van der Waals surface area contributed by atoms with E-state index in [1.165, 1.54) is 24.3 Å². The summed E-state index contributed by atoms with van der Waals surface area (Å²) in [6, 6.07) is 5.91.